The topological polar surface area (TPSA) is 44.4 Å². The average molecular weight is 236 g/mol. The van der Waals surface area contributed by atoms with Crippen molar-refractivity contribution in [2.24, 2.45) is 0 Å². The third kappa shape index (κ3) is 1.69. The molecule has 0 aromatic carbocycles. The highest BCUT2D eigenvalue weighted by Crippen LogP contribution is 2.35. The summed E-state index contributed by atoms with van der Waals surface area (Å²) in [4.78, 5) is 4.90. The predicted octanol–water partition coefficient (Wildman–Crippen LogP) is 1.01. The minimum absolute atomic E-state index is 0.446. The number of rotatable bonds is 1. The number of ether oxygens (including phenoxy) is 1. The Kier molecular flexibility index (Phi) is 2.50. The Bertz CT molecular complexity index is 415. The lowest BCUT2D eigenvalue weighted by Gasteiger charge is -2.45. The van der Waals surface area contributed by atoms with Gasteiger partial charge in [-0.25, -0.2) is 0 Å². The van der Waals surface area contributed by atoms with E-state index in [4.69, 9.17) is 4.74 Å². The number of hydrogen-bond donors (Lipinski definition) is 1. The van der Waals surface area contributed by atoms with Crippen molar-refractivity contribution >= 4 is 5.82 Å². The van der Waals surface area contributed by atoms with Gasteiger partial charge in [0.15, 0.2) is 11.6 Å². The highest BCUT2D eigenvalue weighted by Gasteiger charge is 2.35. The number of aryl methyl sites for hydroxylation is 1. The molecule has 1 aromatic rings. The van der Waals surface area contributed by atoms with Gasteiger partial charge in [0, 0.05) is 25.7 Å². The van der Waals surface area contributed by atoms with Gasteiger partial charge < -0.3 is 9.64 Å². The lowest BCUT2D eigenvalue weighted by molar-refractivity contribution is 0.141. The Morgan fingerprint density at radius 1 is 1.41 bits per heavy atom. The van der Waals surface area contributed by atoms with Crippen LogP contribution in [0.1, 0.15) is 19.5 Å². The van der Waals surface area contributed by atoms with Crippen LogP contribution in [-0.4, -0.2) is 53.4 Å². The Hall–Kier alpha value is -1.23. The minimum atomic E-state index is 0.446. The van der Waals surface area contributed by atoms with Crippen molar-refractivity contribution < 1.29 is 4.74 Å². The van der Waals surface area contributed by atoms with E-state index < -0.39 is 0 Å². The summed E-state index contributed by atoms with van der Waals surface area (Å²) in [6.45, 7) is 10.5. The molecule has 2 aliphatic rings. The Morgan fingerprint density at radius 2 is 2.24 bits per heavy atom. The average Bonchev–Trinajstić information content (AvgIpc) is 2.70. The van der Waals surface area contributed by atoms with Gasteiger partial charge in [-0.3, -0.25) is 10.00 Å². The standard InChI is InChI=1S/C12H20N4O/c1-8(2)15-4-5-16-10(6-15)7-17-11-9(3)13-14-12(11)16/h8,10H,4-7H2,1-3H3,(H,13,14). The molecule has 94 valence electrons. The van der Waals surface area contributed by atoms with Gasteiger partial charge in [-0.2, -0.15) is 5.10 Å². The van der Waals surface area contributed by atoms with Gasteiger partial charge >= 0.3 is 0 Å². The molecular formula is C12H20N4O. The normalized spacial score (nSPS) is 24.5. The van der Waals surface area contributed by atoms with Crippen molar-refractivity contribution in [2.75, 3.05) is 31.1 Å². The maximum Gasteiger partial charge on any atom is 0.193 e. The second-order valence-electron chi connectivity index (χ2n) is 5.25. The fourth-order valence-electron chi connectivity index (χ4n) is 2.72. The van der Waals surface area contributed by atoms with Gasteiger partial charge in [-0.05, 0) is 20.8 Å². The summed E-state index contributed by atoms with van der Waals surface area (Å²) in [5, 5.41) is 7.38. The molecule has 17 heavy (non-hydrogen) atoms. The summed E-state index contributed by atoms with van der Waals surface area (Å²) in [6.07, 6.45) is 0. The molecule has 2 aliphatic heterocycles. The fraction of sp³-hybridized carbons (Fsp3) is 0.750. The van der Waals surface area contributed by atoms with Crippen LogP contribution in [0.15, 0.2) is 0 Å². The zero-order chi connectivity index (χ0) is 12.0. The minimum Gasteiger partial charge on any atom is -0.486 e. The second-order valence-corrected chi connectivity index (χ2v) is 5.25. The summed E-state index contributed by atoms with van der Waals surface area (Å²) >= 11 is 0. The van der Waals surface area contributed by atoms with Crippen molar-refractivity contribution in [2.45, 2.75) is 32.9 Å². The molecule has 1 N–H and O–H groups in total. The van der Waals surface area contributed by atoms with Gasteiger partial charge in [-0.15, -0.1) is 0 Å². The van der Waals surface area contributed by atoms with E-state index in [0.29, 0.717) is 12.1 Å². The number of piperazine rings is 1. The van der Waals surface area contributed by atoms with Gasteiger partial charge in [0.05, 0.1) is 11.7 Å². The number of aromatic amines is 1. The van der Waals surface area contributed by atoms with E-state index >= 15 is 0 Å². The van der Waals surface area contributed by atoms with Crippen LogP contribution < -0.4 is 9.64 Å². The summed E-state index contributed by atoms with van der Waals surface area (Å²) in [7, 11) is 0. The van der Waals surface area contributed by atoms with Crippen molar-refractivity contribution in [3.05, 3.63) is 5.69 Å². The van der Waals surface area contributed by atoms with Gasteiger partial charge in [0.2, 0.25) is 0 Å². The zero-order valence-corrected chi connectivity index (χ0v) is 10.7. The highest BCUT2D eigenvalue weighted by molar-refractivity contribution is 5.57. The Balaban J connectivity index is 1.83. The quantitative estimate of drug-likeness (QED) is 0.790. The number of fused-ring (bicyclic) bond motifs is 3. The number of anilines is 1. The first-order valence-corrected chi connectivity index (χ1v) is 6.35. The molecule has 1 fully saturated rings. The molecule has 5 heteroatoms. The lowest BCUT2D eigenvalue weighted by atomic mass is 10.1. The second kappa shape index (κ2) is 3.91. The van der Waals surface area contributed by atoms with Crippen LogP contribution in [0.2, 0.25) is 0 Å². The first-order chi connectivity index (χ1) is 8.16. The largest absolute Gasteiger partial charge is 0.486 e. The van der Waals surface area contributed by atoms with E-state index in [1.165, 1.54) is 0 Å². The van der Waals surface area contributed by atoms with Crippen molar-refractivity contribution in [3.63, 3.8) is 0 Å². The predicted molar refractivity (Wildman–Crippen MR) is 66.7 cm³/mol. The van der Waals surface area contributed by atoms with E-state index in [2.05, 4.69) is 33.8 Å². The SMILES string of the molecule is Cc1[nH]nc2c1OCC1CN(C(C)C)CCN21. The molecule has 0 amide bonds. The van der Waals surface area contributed by atoms with E-state index in [0.717, 1.165) is 43.5 Å². The third-order valence-electron chi connectivity index (χ3n) is 3.81. The molecule has 1 unspecified atom stereocenters. The molecule has 0 aliphatic carbocycles. The van der Waals surface area contributed by atoms with E-state index in [9.17, 15) is 0 Å². The summed E-state index contributed by atoms with van der Waals surface area (Å²) < 4.78 is 5.83. The van der Waals surface area contributed by atoms with Crippen LogP contribution in [0.4, 0.5) is 5.82 Å². The van der Waals surface area contributed by atoms with E-state index in [1.54, 1.807) is 0 Å². The summed E-state index contributed by atoms with van der Waals surface area (Å²) in [5.41, 5.74) is 1.03. The first kappa shape index (κ1) is 10.9. The number of hydrogen-bond acceptors (Lipinski definition) is 4. The fourth-order valence-corrected chi connectivity index (χ4v) is 2.72. The van der Waals surface area contributed by atoms with Crippen molar-refractivity contribution in [1.29, 1.82) is 0 Å². The molecule has 1 saturated heterocycles. The van der Waals surface area contributed by atoms with Crippen LogP contribution in [-0.2, 0) is 0 Å². The van der Waals surface area contributed by atoms with Crippen LogP contribution >= 0.6 is 0 Å². The van der Waals surface area contributed by atoms with Crippen molar-refractivity contribution in [1.82, 2.24) is 15.1 Å². The maximum absolute atomic E-state index is 5.83. The Morgan fingerprint density at radius 3 is 3.00 bits per heavy atom. The smallest absolute Gasteiger partial charge is 0.193 e. The number of nitrogens with zero attached hydrogens (tertiary/aromatic N) is 3. The lowest BCUT2D eigenvalue weighted by Crippen LogP contribution is -2.58. The van der Waals surface area contributed by atoms with E-state index in [1.807, 2.05) is 6.92 Å². The van der Waals surface area contributed by atoms with Gasteiger partial charge in [0.1, 0.15) is 6.61 Å². The monoisotopic (exact) mass is 236 g/mol. The molecule has 1 atom stereocenters. The van der Waals surface area contributed by atoms with Crippen LogP contribution in [0.5, 0.6) is 5.75 Å². The summed E-state index contributed by atoms with van der Waals surface area (Å²) in [6, 6.07) is 1.06. The molecule has 5 nitrogen and oxygen atoms in total. The van der Waals surface area contributed by atoms with Gasteiger partial charge in [0.25, 0.3) is 0 Å². The third-order valence-corrected chi connectivity index (χ3v) is 3.81. The van der Waals surface area contributed by atoms with Crippen LogP contribution in [0.3, 0.4) is 0 Å². The molecular weight excluding hydrogens is 216 g/mol. The highest BCUT2D eigenvalue weighted by atomic mass is 16.5. The Labute approximate surface area is 102 Å². The van der Waals surface area contributed by atoms with Crippen LogP contribution in [0, 0.1) is 6.92 Å². The van der Waals surface area contributed by atoms with Crippen LogP contribution in [0.25, 0.3) is 0 Å². The van der Waals surface area contributed by atoms with Gasteiger partial charge in [-0.1, -0.05) is 0 Å². The molecule has 1 aromatic heterocycles. The molecule has 3 rings (SSSR count). The molecule has 0 bridgehead atoms. The number of aromatic nitrogens is 2. The number of H-pyrrole nitrogens is 1. The maximum atomic E-state index is 5.83. The molecule has 0 spiro atoms. The number of nitrogens with one attached hydrogen (secondary N) is 1. The first-order valence-electron chi connectivity index (χ1n) is 6.35. The van der Waals surface area contributed by atoms with E-state index in [-0.39, 0.29) is 0 Å². The summed E-state index contributed by atoms with van der Waals surface area (Å²) in [5.74, 6) is 1.95. The zero-order valence-electron chi connectivity index (χ0n) is 10.7. The molecule has 0 radical (unpaired) electrons. The van der Waals surface area contributed by atoms with Crippen molar-refractivity contribution in [3.8, 4) is 5.75 Å². The molecule has 0 saturated carbocycles. The molecule has 3 heterocycles.